The molecule has 0 radical (unpaired) electrons. The quantitative estimate of drug-likeness (QED) is 0.660. The molecule has 0 aliphatic heterocycles. The van der Waals surface area contributed by atoms with Crippen LogP contribution in [0.4, 0.5) is 0 Å². The van der Waals surface area contributed by atoms with E-state index >= 15 is 0 Å². The molecule has 17 heavy (non-hydrogen) atoms. The Hall–Kier alpha value is -0.870. The minimum Gasteiger partial charge on any atom is -0.317 e. The maximum absolute atomic E-state index is 4.37. The SMILES string of the molecule is CCCNCCCc1cnn(CCN(C)C)c1. The van der Waals surface area contributed by atoms with Crippen molar-refractivity contribution >= 4 is 0 Å². The summed E-state index contributed by atoms with van der Waals surface area (Å²) >= 11 is 0. The van der Waals surface area contributed by atoms with Gasteiger partial charge >= 0.3 is 0 Å². The van der Waals surface area contributed by atoms with Crippen LogP contribution in [0.1, 0.15) is 25.3 Å². The van der Waals surface area contributed by atoms with Gasteiger partial charge in [-0.2, -0.15) is 5.10 Å². The molecule has 1 N–H and O–H groups in total. The molecule has 1 rings (SSSR count). The van der Waals surface area contributed by atoms with Gasteiger partial charge in [-0.1, -0.05) is 6.92 Å². The van der Waals surface area contributed by atoms with Crippen molar-refractivity contribution in [3.05, 3.63) is 18.0 Å². The lowest BCUT2D eigenvalue weighted by Crippen LogP contribution is -2.18. The van der Waals surface area contributed by atoms with Crippen LogP contribution in [0.25, 0.3) is 0 Å². The molecule has 0 bridgehead atoms. The predicted octanol–water partition coefficient (Wildman–Crippen LogP) is 1.38. The Kier molecular flexibility index (Phi) is 6.89. The topological polar surface area (TPSA) is 33.1 Å². The molecular weight excluding hydrogens is 212 g/mol. The summed E-state index contributed by atoms with van der Waals surface area (Å²) in [5, 5.41) is 7.79. The molecule has 0 spiro atoms. The molecule has 1 aromatic rings. The van der Waals surface area contributed by atoms with Gasteiger partial charge in [0, 0.05) is 12.7 Å². The first kappa shape index (κ1) is 14.2. The third-order valence-electron chi connectivity index (χ3n) is 2.71. The lowest BCUT2D eigenvalue weighted by Gasteiger charge is -2.08. The van der Waals surface area contributed by atoms with Crippen LogP contribution >= 0.6 is 0 Å². The van der Waals surface area contributed by atoms with E-state index in [9.17, 15) is 0 Å². The van der Waals surface area contributed by atoms with Crippen molar-refractivity contribution in [2.75, 3.05) is 33.7 Å². The van der Waals surface area contributed by atoms with Crippen molar-refractivity contribution in [1.29, 1.82) is 0 Å². The second-order valence-corrected chi connectivity index (χ2v) is 4.77. The van der Waals surface area contributed by atoms with Gasteiger partial charge in [-0.15, -0.1) is 0 Å². The lowest BCUT2D eigenvalue weighted by atomic mass is 10.2. The molecule has 4 heteroatoms. The number of hydrogen-bond acceptors (Lipinski definition) is 3. The van der Waals surface area contributed by atoms with Crippen molar-refractivity contribution < 1.29 is 0 Å². The van der Waals surface area contributed by atoms with Gasteiger partial charge in [0.25, 0.3) is 0 Å². The van der Waals surface area contributed by atoms with Crippen LogP contribution < -0.4 is 5.32 Å². The molecule has 0 atom stereocenters. The summed E-state index contributed by atoms with van der Waals surface area (Å²) < 4.78 is 2.04. The Balaban J connectivity index is 2.17. The number of likely N-dealkylation sites (N-methyl/N-ethyl adjacent to an activating group) is 1. The fourth-order valence-corrected chi connectivity index (χ4v) is 1.68. The maximum Gasteiger partial charge on any atom is 0.0536 e. The number of aromatic nitrogens is 2. The highest BCUT2D eigenvalue weighted by Gasteiger charge is 1.99. The second kappa shape index (κ2) is 8.25. The molecule has 0 aliphatic rings. The van der Waals surface area contributed by atoms with Crippen molar-refractivity contribution in [2.24, 2.45) is 0 Å². The summed E-state index contributed by atoms with van der Waals surface area (Å²) in [6, 6.07) is 0. The van der Waals surface area contributed by atoms with Crippen molar-refractivity contribution in [1.82, 2.24) is 20.0 Å². The number of nitrogens with one attached hydrogen (secondary N) is 1. The van der Waals surface area contributed by atoms with E-state index in [-0.39, 0.29) is 0 Å². The molecule has 4 nitrogen and oxygen atoms in total. The van der Waals surface area contributed by atoms with E-state index in [0.717, 1.165) is 32.6 Å². The highest BCUT2D eigenvalue weighted by atomic mass is 15.3. The van der Waals surface area contributed by atoms with Gasteiger partial charge in [0.05, 0.1) is 12.7 Å². The third kappa shape index (κ3) is 6.44. The summed E-state index contributed by atoms with van der Waals surface area (Å²) in [5.41, 5.74) is 1.35. The molecule has 0 fully saturated rings. The van der Waals surface area contributed by atoms with Crippen LogP contribution in [-0.2, 0) is 13.0 Å². The van der Waals surface area contributed by atoms with Crippen LogP contribution in [0.5, 0.6) is 0 Å². The highest BCUT2D eigenvalue weighted by Crippen LogP contribution is 2.01. The number of hydrogen-bond donors (Lipinski definition) is 1. The summed E-state index contributed by atoms with van der Waals surface area (Å²) in [7, 11) is 4.17. The number of rotatable bonds is 9. The zero-order chi connectivity index (χ0) is 12.5. The zero-order valence-electron chi connectivity index (χ0n) is 11.4. The van der Waals surface area contributed by atoms with Crippen molar-refractivity contribution in [3.8, 4) is 0 Å². The smallest absolute Gasteiger partial charge is 0.0536 e. The Labute approximate surface area is 105 Å². The van der Waals surface area contributed by atoms with E-state index in [1.165, 1.54) is 18.4 Å². The first-order valence-corrected chi connectivity index (χ1v) is 6.59. The van der Waals surface area contributed by atoms with Crippen LogP contribution in [0.15, 0.2) is 12.4 Å². The summed E-state index contributed by atoms with van der Waals surface area (Å²) in [5.74, 6) is 0. The minimum atomic E-state index is 0.973. The predicted molar refractivity (Wildman–Crippen MR) is 72.3 cm³/mol. The molecule has 0 saturated carbocycles. The van der Waals surface area contributed by atoms with E-state index in [1.54, 1.807) is 0 Å². The van der Waals surface area contributed by atoms with Gasteiger partial charge in [0.1, 0.15) is 0 Å². The van der Waals surface area contributed by atoms with Crippen LogP contribution in [0.3, 0.4) is 0 Å². The first-order valence-electron chi connectivity index (χ1n) is 6.59. The summed E-state index contributed by atoms with van der Waals surface area (Å²) in [6.45, 7) is 6.45. The first-order chi connectivity index (χ1) is 8.22. The normalized spacial score (nSPS) is 11.3. The molecule has 0 unspecified atom stereocenters. The van der Waals surface area contributed by atoms with E-state index in [1.807, 2.05) is 10.9 Å². The summed E-state index contributed by atoms with van der Waals surface area (Å²) in [4.78, 5) is 2.18. The number of aryl methyl sites for hydroxylation is 1. The molecule has 98 valence electrons. The minimum absolute atomic E-state index is 0.973. The van der Waals surface area contributed by atoms with E-state index < -0.39 is 0 Å². The molecule has 0 saturated heterocycles. The van der Waals surface area contributed by atoms with Gasteiger partial charge in [-0.05, 0) is 52.0 Å². The highest BCUT2D eigenvalue weighted by molar-refractivity contribution is 5.03. The van der Waals surface area contributed by atoms with E-state index in [0.29, 0.717) is 0 Å². The molecule has 1 heterocycles. The number of nitrogens with zero attached hydrogens (tertiary/aromatic N) is 3. The molecular formula is C13H26N4. The Morgan fingerprint density at radius 2 is 2.18 bits per heavy atom. The molecule has 0 aliphatic carbocycles. The Bertz CT molecular complexity index is 293. The average molecular weight is 238 g/mol. The Morgan fingerprint density at radius 3 is 2.88 bits per heavy atom. The lowest BCUT2D eigenvalue weighted by molar-refractivity contribution is 0.373. The van der Waals surface area contributed by atoms with Gasteiger partial charge in [0.15, 0.2) is 0 Å². The fraction of sp³-hybridized carbons (Fsp3) is 0.769. The van der Waals surface area contributed by atoms with Crippen LogP contribution in [-0.4, -0.2) is 48.4 Å². The third-order valence-corrected chi connectivity index (χ3v) is 2.71. The summed E-state index contributed by atoms with van der Waals surface area (Å²) in [6.07, 6.45) is 7.69. The van der Waals surface area contributed by atoms with E-state index in [2.05, 4.69) is 42.5 Å². The molecule has 0 aromatic carbocycles. The van der Waals surface area contributed by atoms with Crippen molar-refractivity contribution in [2.45, 2.75) is 32.7 Å². The van der Waals surface area contributed by atoms with Gasteiger partial charge < -0.3 is 10.2 Å². The van der Waals surface area contributed by atoms with Gasteiger partial charge in [-0.25, -0.2) is 0 Å². The molecule has 1 aromatic heterocycles. The fourth-order valence-electron chi connectivity index (χ4n) is 1.68. The van der Waals surface area contributed by atoms with Gasteiger partial charge in [-0.3, -0.25) is 4.68 Å². The monoisotopic (exact) mass is 238 g/mol. The molecule has 0 amide bonds. The average Bonchev–Trinajstić information content (AvgIpc) is 2.74. The Morgan fingerprint density at radius 1 is 1.35 bits per heavy atom. The largest absolute Gasteiger partial charge is 0.317 e. The van der Waals surface area contributed by atoms with Crippen LogP contribution in [0, 0.1) is 0 Å². The van der Waals surface area contributed by atoms with E-state index in [4.69, 9.17) is 0 Å². The zero-order valence-corrected chi connectivity index (χ0v) is 11.4. The maximum atomic E-state index is 4.37. The standard InChI is InChI=1S/C13H26N4/c1-4-7-14-8-5-6-13-11-15-17(12-13)10-9-16(2)3/h11-12,14H,4-10H2,1-3H3. The second-order valence-electron chi connectivity index (χ2n) is 4.77. The van der Waals surface area contributed by atoms with Gasteiger partial charge in [0.2, 0.25) is 0 Å². The van der Waals surface area contributed by atoms with Crippen LogP contribution in [0.2, 0.25) is 0 Å². The van der Waals surface area contributed by atoms with Crippen molar-refractivity contribution in [3.63, 3.8) is 0 Å².